The molecule has 1 unspecified atom stereocenters. The molecule has 108 valence electrons. The molecule has 8 heteroatoms. The maximum atomic E-state index is 12.7. The number of halogens is 3. The molecule has 1 aliphatic rings. The zero-order valence-corrected chi connectivity index (χ0v) is 10.7. The first-order valence-corrected chi connectivity index (χ1v) is 5.76. The van der Waals surface area contributed by atoms with Gasteiger partial charge in [-0.2, -0.15) is 13.2 Å². The molecule has 20 heavy (non-hydrogen) atoms. The van der Waals surface area contributed by atoms with Crippen molar-refractivity contribution in [3.8, 4) is 0 Å². The minimum absolute atomic E-state index is 0.0219. The molecule has 0 radical (unpaired) electrons. The topological polar surface area (TPSA) is 103 Å². The Kier molecular flexibility index (Phi) is 3.21. The van der Waals surface area contributed by atoms with Crippen molar-refractivity contribution in [2.75, 3.05) is 0 Å². The van der Waals surface area contributed by atoms with Crippen molar-refractivity contribution in [1.29, 1.82) is 0 Å². The minimum atomic E-state index is -4.47. The molecule has 1 atom stereocenters. The van der Waals surface area contributed by atoms with Gasteiger partial charge in [-0.05, 0) is 13.0 Å². The SMILES string of the molecule is CC1(N)CC(c2cncc(C(F)(F)F)c2)=NC(N)=C1N. The van der Waals surface area contributed by atoms with Crippen LogP contribution in [-0.4, -0.2) is 16.2 Å². The molecular formula is C12H14F3N5. The van der Waals surface area contributed by atoms with Gasteiger partial charge in [0.2, 0.25) is 0 Å². The quantitative estimate of drug-likeness (QED) is 0.718. The Morgan fingerprint density at radius 1 is 1.25 bits per heavy atom. The Hall–Kier alpha value is -2.09. The van der Waals surface area contributed by atoms with E-state index in [4.69, 9.17) is 17.2 Å². The summed E-state index contributed by atoms with van der Waals surface area (Å²) in [5.41, 5.74) is 16.3. The highest BCUT2D eigenvalue weighted by Crippen LogP contribution is 2.30. The van der Waals surface area contributed by atoms with E-state index in [1.165, 1.54) is 6.20 Å². The van der Waals surface area contributed by atoms with Crippen LogP contribution in [0.4, 0.5) is 13.2 Å². The summed E-state index contributed by atoms with van der Waals surface area (Å²) in [6.07, 6.45) is -2.24. The molecule has 0 bridgehead atoms. The number of hydrogen-bond donors (Lipinski definition) is 3. The van der Waals surface area contributed by atoms with Crippen molar-refractivity contribution in [2.45, 2.75) is 25.1 Å². The summed E-state index contributed by atoms with van der Waals surface area (Å²) in [7, 11) is 0. The number of aromatic nitrogens is 1. The van der Waals surface area contributed by atoms with Crippen LogP contribution in [0.25, 0.3) is 0 Å². The highest BCUT2D eigenvalue weighted by atomic mass is 19.4. The number of aliphatic imine (C=N–C) groups is 1. The van der Waals surface area contributed by atoms with Crippen LogP contribution < -0.4 is 17.2 Å². The van der Waals surface area contributed by atoms with E-state index in [-0.39, 0.29) is 23.5 Å². The maximum absolute atomic E-state index is 12.7. The Morgan fingerprint density at radius 2 is 1.90 bits per heavy atom. The standard InChI is InChI=1S/C12H14F3N5/c1-11(18)3-8(20-10(17)9(11)16)6-2-7(5-19-4-6)12(13,14)15/h2,4-5H,3,16-18H2,1H3. The summed E-state index contributed by atoms with van der Waals surface area (Å²) < 4.78 is 38.0. The fourth-order valence-corrected chi connectivity index (χ4v) is 1.90. The van der Waals surface area contributed by atoms with Crippen LogP contribution in [0.3, 0.4) is 0 Å². The Balaban J connectivity index is 2.46. The number of rotatable bonds is 1. The highest BCUT2D eigenvalue weighted by Gasteiger charge is 2.34. The molecule has 0 aliphatic carbocycles. The second-order valence-corrected chi connectivity index (χ2v) is 4.91. The van der Waals surface area contributed by atoms with Crippen molar-refractivity contribution < 1.29 is 13.2 Å². The Morgan fingerprint density at radius 3 is 2.45 bits per heavy atom. The van der Waals surface area contributed by atoms with Crippen LogP contribution in [0.2, 0.25) is 0 Å². The second-order valence-electron chi connectivity index (χ2n) is 4.91. The minimum Gasteiger partial charge on any atom is -0.398 e. The summed E-state index contributed by atoms with van der Waals surface area (Å²) in [6, 6.07) is 0.969. The van der Waals surface area contributed by atoms with E-state index in [1.54, 1.807) is 6.92 Å². The van der Waals surface area contributed by atoms with E-state index in [2.05, 4.69) is 9.98 Å². The van der Waals surface area contributed by atoms with Gasteiger partial charge in [0.1, 0.15) is 5.82 Å². The number of hydrogen-bond acceptors (Lipinski definition) is 5. The normalized spacial score (nSPS) is 23.8. The van der Waals surface area contributed by atoms with Gasteiger partial charge in [0.15, 0.2) is 0 Å². The van der Waals surface area contributed by atoms with Crippen molar-refractivity contribution >= 4 is 5.71 Å². The summed E-state index contributed by atoms with van der Waals surface area (Å²) in [5, 5.41) is 0. The van der Waals surface area contributed by atoms with E-state index in [9.17, 15) is 13.2 Å². The molecule has 2 rings (SSSR count). The zero-order chi connectivity index (χ0) is 15.1. The molecule has 2 heterocycles. The van der Waals surface area contributed by atoms with Gasteiger partial charge >= 0.3 is 6.18 Å². The average molecular weight is 285 g/mol. The number of nitrogens with two attached hydrogens (primary N) is 3. The highest BCUT2D eigenvalue weighted by molar-refractivity contribution is 6.02. The predicted octanol–water partition coefficient (Wildman–Crippen LogP) is 1.10. The monoisotopic (exact) mass is 285 g/mol. The lowest BCUT2D eigenvalue weighted by molar-refractivity contribution is -0.137. The fraction of sp³-hybridized carbons (Fsp3) is 0.333. The van der Waals surface area contributed by atoms with E-state index in [0.29, 0.717) is 5.71 Å². The molecule has 0 aromatic carbocycles. The van der Waals surface area contributed by atoms with Crippen molar-refractivity contribution in [1.82, 2.24) is 4.98 Å². The van der Waals surface area contributed by atoms with E-state index in [1.807, 2.05) is 0 Å². The van der Waals surface area contributed by atoms with E-state index >= 15 is 0 Å². The first kappa shape index (κ1) is 14.3. The lowest BCUT2D eigenvalue weighted by Gasteiger charge is -2.30. The van der Waals surface area contributed by atoms with Gasteiger partial charge < -0.3 is 17.2 Å². The molecule has 1 aromatic rings. The molecule has 0 spiro atoms. The largest absolute Gasteiger partial charge is 0.417 e. The molecule has 0 saturated carbocycles. The average Bonchev–Trinajstić information content (AvgIpc) is 2.34. The van der Waals surface area contributed by atoms with Crippen LogP contribution in [0.15, 0.2) is 35.0 Å². The molecule has 5 nitrogen and oxygen atoms in total. The lowest BCUT2D eigenvalue weighted by Crippen LogP contribution is -2.47. The van der Waals surface area contributed by atoms with Gasteiger partial charge in [-0.3, -0.25) is 4.98 Å². The molecular weight excluding hydrogens is 271 g/mol. The first-order chi connectivity index (χ1) is 9.11. The first-order valence-electron chi connectivity index (χ1n) is 5.76. The van der Waals surface area contributed by atoms with Gasteiger partial charge in [-0.25, -0.2) is 4.99 Å². The fourth-order valence-electron chi connectivity index (χ4n) is 1.90. The Bertz CT molecular complexity index is 601. The van der Waals surface area contributed by atoms with Crippen molar-refractivity contribution in [3.63, 3.8) is 0 Å². The van der Waals surface area contributed by atoms with Crippen LogP contribution >= 0.6 is 0 Å². The third kappa shape index (κ3) is 2.60. The molecule has 0 saturated heterocycles. The van der Waals surface area contributed by atoms with Gasteiger partial charge in [0.05, 0.1) is 22.5 Å². The van der Waals surface area contributed by atoms with E-state index in [0.717, 1.165) is 12.3 Å². The molecule has 0 amide bonds. The lowest BCUT2D eigenvalue weighted by atomic mass is 9.87. The third-order valence-electron chi connectivity index (χ3n) is 3.08. The zero-order valence-electron chi connectivity index (χ0n) is 10.7. The summed E-state index contributed by atoms with van der Waals surface area (Å²) in [5.74, 6) is 0.0219. The molecule has 1 aromatic heterocycles. The maximum Gasteiger partial charge on any atom is 0.417 e. The predicted molar refractivity (Wildman–Crippen MR) is 68.4 cm³/mol. The Labute approximate surface area is 113 Å². The summed E-state index contributed by atoms with van der Waals surface area (Å²) >= 11 is 0. The van der Waals surface area contributed by atoms with Gasteiger partial charge in [0.25, 0.3) is 0 Å². The van der Waals surface area contributed by atoms with E-state index < -0.39 is 17.3 Å². The number of nitrogens with zero attached hydrogens (tertiary/aromatic N) is 2. The molecule has 1 aliphatic heterocycles. The second kappa shape index (κ2) is 4.48. The number of pyridine rings is 1. The van der Waals surface area contributed by atoms with Gasteiger partial charge in [0, 0.05) is 24.4 Å². The van der Waals surface area contributed by atoms with Crippen molar-refractivity contribution in [3.05, 3.63) is 41.1 Å². The van der Waals surface area contributed by atoms with Crippen molar-refractivity contribution in [2.24, 2.45) is 22.2 Å². The third-order valence-corrected chi connectivity index (χ3v) is 3.08. The summed E-state index contributed by atoms with van der Waals surface area (Å²) in [6.45, 7) is 1.64. The smallest absolute Gasteiger partial charge is 0.398 e. The van der Waals surface area contributed by atoms with Gasteiger partial charge in [-0.15, -0.1) is 0 Å². The molecule has 0 fully saturated rings. The van der Waals surface area contributed by atoms with Crippen LogP contribution in [0, 0.1) is 0 Å². The number of alkyl halides is 3. The molecule has 6 N–H and O–H groups in total. The van der Waals surface area contributed by atoms with Gasteiger partial charge in [-0.1, -0.05) is 0 Å². The van der Waals surface area contributed by atoms with Crippen LogP contribution in [0.1, 0.15) is 24.5 Å². The summed E-state index contributed by atoms with van der Waals surface area (Å²) in [4.78, 5) is 7.60. The van der Waals surface area contributed by atoms with Crippen LogP contribution in [-0.2, 0) is 6.18 Å². The van der Waals surface area contributed by atoms with Crippen LogP contribution in [0.5, 0.6) is 0 Å².